The van der Waals surface area contributed by atoms with Crippen LogP contribution in [-0.4, -0.2) is 32.3 Å². The van der Waals surface area contributed by atoms with Crippen molar-refractivity contribution in [2.45, 2.75) is 84.7 Å². The lowest BCUT2D eigenvalue weighted by Gasteiger charge is -2.40. The Balaban J connectivity index is 4.90. The molecule has 134 valence electrons. The van der Waals surface area contributed by atoms with E-state index < -0.39 is 13.9 Å². The van der Waals surface area contributed by atoms with Gasteiger partial charge < -0.3 is 14.0 Å². The lowest BCUT2D eigenvalue weighted by molar-refractivity contribution is -0.148. The van der Waals surface area contributed by atoms with Crippen LogP contribution in [0.15, 0.2) is 12.2 Å². The number of esters is 1. The normalized spacial score (nSPS) is 16.2. The fraction of sp³-hybridized carbons (Fsp3) is 0.778. The predicted octanol–water partition coefficient (Wildman–Crippen LogP) is 4.50. The molecule has 0 aromatic rings. The van der Waals surface area contributed by atoms with Gasteiger partial charge in [0.1, 0.15) is 11.9 Å². The highest BCUT2D eigenvalue weighted by Gasteiger charge is 2.39. The summed E-state index contributed by atoms with van der Waals surface area (Å²) in [4.78, 5) is 22.9. The molecule has 0 amide bonds. The highest BCUT2D eigenvalue weighted by Crippen LogP contribution is 2.38. The minimum absolute atomic E-state index is 0.0722. The maximum absolute atomic E-state index is 11.7. The molecule has 23 heavy (non-hydrogen) atoms. The summed E-state index contributed by atoms with van der Waals surface area (Å²) in [5.74, 6) is -0.588. The summed E-state index contributed by atoms with van der Waals surface area (Å²) < 4.78 is 11.6. The van der Waals surface area contributed by atoms with Crippen molar-refractivity contribution in [1.29, 1.82) is 0 Å². The zero-order chi connectivity index (χ0) is 18.5. The van der Waals surface area contributed by atoms with Gasteiger partial charge in [-0.25, -0.2) is 4.79 Å². The molecule has 0 aliphatic heterocycles. The van der Waals surface area contributed by atoms with Gasteiger partial charge >= 0.3 is 5.97 Å². The number of ether oxygens (including phenoxy) is 1. The predicted molar refractivity (Wildman–Crippen MR) is 96.9 cm³/mol. The second-order valence-corrected chi connectivity index (χ2v) is 13.3. The van der Waals surface area contributed by atoms with Crippen molar-refractivity contribution >= 4 is 20.6 Å². The minimum atomic E-state index is -1.97. The first-order valence-corrected chi connectivity index (χ1v) is 11.1. The Kier molecular flexibility index (Phi) is 7.90. The van der Waals surface area contributed by atoms with Crippen LogP contribution in [0, 0.1) is 5.92 Å². The fourth-order valence-electron chi connectivity index (χ4n) is 1.65. The van der Waals surface area contributed by atoms with E-state index in [1.807, 2.05) is 27.7 Å². The highest BCUT2D eigenvalue weighted by atomic mass is 28.4. The van der Waals surface area contributed by atoms with E-state index in [-0.39, 0.29) is 23.0 Å². The SMILES string of the molecule is C[C@H](C=O)[C@H](C/C=C/C(=O)OC(C)(C)C)O[Si](C)(C)C(C)(C)C. The molecule has 0 saturated heterocycles. The largest absolute Gasteiger partial charge is 0.457 e. The molecule has 0 bridgehead atoms. The Labute approximate surface area is 142 Å². The van der Waals surface area contributed by atoms with Gasteiger partial charge in [-0.15, -0.1) is 0 Å². The van der Waals surface area contributed by atoms with Gasteiger partial charge in [-0.2, -0.15) is 0 Å². The van der Waals surface area contributed by atoms with Gasteiger partial charge in [0.15, 0.2) is 8.32 Å². The van der Waals surface area contributed by atoms with Crippen LogP contribution in [0.5, 0.6) is 0 Å². The lowest BCUT2D eigenvalue weighted by atomic mass is 10.0. The molecule has 0 aromatic heterocycles. The summed E-state index contributed by atoms with van der Waals surface area (Å²) >= 11 is 0. The van der Waals surface area contributed by atoms with Crippen LogP contribution in [0.3, 0.4) is 0 Å². The van der Waals surface area contributed by atoms with Gasteiger partial charge in [0, 0.05) is 12.0 Å². The summed E-state index contributed by atoms with van der Waals surface area (Å²) in [7, 11) is -1.97. The van der Waals surface area contributed by atoms with Crippen LogP contribution >= 0.6 is 0 Å². The van der Waals surface area contributed by atoms with E-state index in [1.54, 1.807) is 6.08 Å². The second-order valence-electron chi connectivity index (χ2n) is 8.58. The van der Waals surface area contributed by atoms with Crippen molar-refractivity contribution in [3.05, 3.63) is 12.2 Å². The highest BCUT2D eigenvalue weighted by molar-refractivity contribution is 6.74. The minimum Gasteiger partial charge on any atom is -0.457 e. The van der Waals surface area contributed by atoms with Crippen LogP contribution in [0.4, 0.5) is 0 Å². The van der Waals surface area contributed by atoms with Crippen molar-refractivity contribution in [2.24, 2.45) is 5.92 Å². The van der Waals surface area contributed by atoms with Crippen LogP contribution in [0.25, 0.3) is 0 Å². The van der Waals surface area contributed by atoms with Crippen molar-refractivity contribution < 1.29 is 18.8 Å². The number of carbonyl (C=O) groups excluding carboxylic acids is 2. The molecule has 0 rings (SSSR count). The maximum atomic E-state index is 11.7. The molecule has 0 radical (unpaired) electrons. The zero-order valence-electron chi connectivity index (χ0n) is 16.2. The van der Waals surface area contributed by atoms with Crippen molar-refractivity contribution in [1.82, 2.24) is 0 Å². The fourth-order valence-corrected chi connectivity index (χ4v) is 3.07. The van der Waals surface area contributed by atoms with E-state index in [9.17, 15) is 9.59 Å². The molecular formula is C18H34O4Si. The third-order valence-electron chi connectivity index (χ3n) is 4.08. The quantitative estimate of drug-likeness (QED) is 0.296. The van der Waals surface area contributed by atoms with Gasteiger partial charge in [0.25, 0.3) is 0 Å². The maximum Gasteiger partial charge on any atom is 0.330 e. The molecule has 0 fully saturated rings. The average Bonchev–Trinajstić information content (AvgIpc) is 2.32. The average molecular weight is 343 g/mol. The summed E-state index contributed by atoms with van der Waals surface area (Å²) in [5, 5.41) is 0.0722. The molecule has 0 spiro atoms. The zero-order valence-corrected chi connectivity index (χ0v) is 17.2. The number of hydrogen-bond donors (Lipinski definition) is 0. The Bertz CT molecular complexity index is 427. The first kappa shape index (κ1) is 22.1. The Hall–Kier alpha value is -0.943. The third-order valence-corrected chi connectivity index (χ3v) is 8.59. The van der Waals surface area contributed by atoms with Crippen molar-refractivity contribution in [3.8, 4) is 0 Å². The van der Waals surface area contributed by atoms with E-state index in [0.717, 1.165) is 6.29 Å². The van der Waals surface area contributed by atoms with Crippen LogP contribution < -0.4 is 0 Å². The molecule has 4 nitrogen and oxygen atoms in total. The van der Waals surface area contributed by atoms with E-state index >= 15 is 0 Å². The van der Waals surface area contributed by atoms with Crippen molar-refractivity contribution in [3.63, 3.8) is 0 Å². The van der Waals surface area contributed by atoms with Gasteiger partial charge in [-0.05, 0) is 45.3 Å². The van der Waals surface area contributed by atoms with E-state index in [2.05, 4.69) is 33.9 Å². The smallest absolute Gasteiger partial charge is 0.330 e. The summed E-state index contributed by atoms with van der Waals surface area (Å²) in [6, 6.07) is 0. The molecule has 0 aliphatic carbocycles. The van der Waals surface area contributed by atoms with E-state index in [1.165, 1.54) is 6.08 Å². The molecule has 2 atom stereocenters. The lowest BCUT2D eigenvalue weighted by Crippen LogP contribution is -2.45. The summed E-state index contributed by atoms with van der Waals surface area (Å²) in [6.07, 6.45) is 4.38. The van der Waals surface area contributed by atoms with Crippen LogP contribution in [0.1, 0.15) is 54.9 Å². The van der Waals surface area contributed by atoms with Gasteiger partial charge in [0.05, 0.1) is 6.10 Å². The van der Waals surface area contributed by atoms with Crippen LogP contribution in [0.2, 0.25) is 18.1 Å². The molecule has 0 aliphatic rings. The second kappa shape index (κ2) is 8.24. The number of carbonyl (C=O) groups is 2. The van der Waals surface area contributed by atoms with Gasteiger partial charge in [0.2, 0.25) is 0 Å². The summed E-state index contributed by atoms with van der Waals surface area (Å²) in [6.45, 7) is 18.2. The molecule has 5 heteroatoms. The Morgan fingerprint density at radius 3 is 2.04 bits per heavy atom. The first-order valence-electron chi connectivity index (χ1n) is 8.22. The first-order chi connectivity index (χ1) is 10.2. The topological polar surface area (TPSA) is 52.6 Å². The standard InChI is InChI=1S/C18H34O4Si/c1-14(13-19)15(22-23(8,9)18(5,6)7)11-10-12-16(20)21-17(2,3)4/h10,12-15H,11H2,1-9H3/b12-10+/t14-,15+/m1/s1. The molecule has 0 saturated carbocycles. The molecule has 0 aromatic carbocycles. The summed E-state index contributed by atoms with van der Waals surface area (Å²) in [5.41, 5.74) is -0.505. The third kappa shape index (κ3) is 8.46. The molecule has 0 unspecified atom stereocenters. The van der Waals surface area contributed by atoms with Gasteiger partial charge in [-0.1, -0.05) is 33.8 Å². The number of aldehydes is 1. The number of rotatable bonds is 7. The monoisotopic (exact) mass is 342 g/mol. The van der Waals surface area contributed by atoms with E-state index in [0.29, 0.717) is 6.42 Å². The van der Waals surface area contributed by atoms with Crippen LogP contribution in [-0.2, 0) is 18.8 Å². The van der Waals surface area contributed by atoms with Crippen molar-refractivity contribution in [2.75, 3.05) is 0 Å². The molecule has 0 heterocycles. The van der Waals surface area contributed by atoms with Gasteiger partial charge in [-0.3, -0.25) is 0 Å². The Morgan fingerprint density at radius 2 is 1.65 bits per heavy atom. The van der Waals surface area contributed by atoms with E-state index in [4.69, 9.17) is 9.16 Å². The number of hydrogen-bond acceptors (Lipinski definition) is 4. The molecular weight excluding hydrogens is 308 g/mol. The molecule has 0 N–H and O–H groups in total. The Morgan fingerprint density at radius 1 is 1.13 bits per heavy atom.